The van der Waals surface area contributed by atoms with E-state index in [1.54, 1.807) is 0 Å². The van der Waals surface area contributed by atoms with Crippen LogP contribution in [0.3, 0.4) is 0 Å². The van der Waals surface area contributed by atoms with E-state index >= 15 is 0 Å². The summed E-state index contributed by atoms with van der Waals surface area (Å²) in [5.74, 6) is 0.447. The van der Waals surface area contributed by atoms with Crippen molar-refractivity contribution >= 4 is 22.4 Å². The number of fused-ring (bicyclic) bond motifs is 1. The summed E-state index contributed by atoms with van der Waals surface area (Å²) >= 11 is 1.26. The summed E-state index contributed by atoms with van der Waals surface area (Å²) < 4.78 is 10.5. The van der Waals surface area contributed by atoms with Crippen molar-refractivity contribution in [2.24, 2.45) is 0 Å². The number of hydrogen-bond acceptors (Lipinski definition) is 6. The van der Waals surface area contributed by atoms with Crippen LogP contribution in [0.1, 0.15) is 16.1 Å². The first-order valence-electron chi connectivity index (χ1n) is 5.53. The maximum Gasteiger partial charge on any atom is 0.355 e. The quantitative estimate of drug-likeness (QED) is 0.892. The summed E-state index contributed by atoms with van der Waals surface area (Å²) in [6, 6.07) is 5.66. The van der Waals surface area contributed by atoms with Crippen LogP contribution in [-0.2, 0) is 6.54 Å². The molecule has 7 heteroatoms. The maximum atomic E-state index is 10.7. The molecule has 98 valence electrons. The molecular weight excluding hydrogens is 268 g/mol. The van der Waals surface area contributed by atoms with Crippen molar-refractivity contribution in [3.63, 3.8) is 0 Å². The van der Waals surface area contributed by atoms with Crippen LogP contribution in [0, 0.1) is 0 Å². The van der Waals surface area contributed by atoms with E-state index in [-0.39, 0.29) is 12.5 Å². The molecular formula is C12H10N2O4S. The van der Waals surface area contributed by atoms with Gasteiger partial charge in [-0.3, -0.25) is 0 Å². The van der Waals surface area contributed by atoms with Crippen molar-refractivity contribution in [1.82, 2.24) is 4.98 Å². The number of thiazole rings is 1. The molecule has 0 amide bonds. The Morgan fingerprint density at radius 2 is 2.26 bits per heavy atom. The van der Waals surface area contributed by atoms with E-state index in [1.807, 2.05) is 18.2 Å². The molecule has 0 unspecified atom stereocenters. The maximum absolute atomic E-state index is 10.7. The fourth-order valence-electron chi connectivity index (χ4n) is 1.68. The third-order valence-corrected chi connectivity index (χ3v) is 3.40. The van der Waals surface area contributed by atoms with Crippen molar-refractivity contribution < 1.29 is 19.4 Å². The molecule has 0 bridgehead atoms. The average Bonchev–Trinajstić information content (AvgIpc) is 3.04. The molecule has 0 fully saturated rings. The number of carboxylic acids is 1. The minimum atomic E-state index is -1.02. The third kappa shape index (κ3) is 2.45. The van der Waals surface area contributed by atoms with Gasteiger partial charge in [-0.1, -0.05) is 6.07 Å². The van der Waals surface area contributed by atoms with Crippen molar-refractivity contribution in [1.29, 1.82) is 0 Å². The number of benzene rings is 1. The van der Waals surface area contributed by atoms with E-state index in [0.29, 0.717) is 11.7 Å². The van der Waals surface area contributed by atoms with Gasteiger partial charge in [-0.25, -0.2) is 9.78 Å². The molecule has 2 heterocycles. The highest BCUT2D eigenvalue weighted by atomic mass is 32.1. The zero-order valence-corrected chi connectivity index (χ0v) is 10.6. The molecule has 0 radical (unpaired) electrons. The van der Waals surface area contributed by atoms with E-state index in [9.17, 15) is 4.79 Å². The summed E-state index contributed by atoms with van der Waals surface area (Å²) in [5, 5.41) is 13.9. The van der Waals surface area contributed by atoms with E-state index in [1.165, 1.54) is 16.7 Å². The number of aromatic carboxylic acids is 1. The first-order valence-corrected chi connectivity index (χ1v) is 6.41. The standard InChI is InChI=1S/C12H10N2O4S/c15-11(16)8-5-19-12(14-8)13-4-7-1-2-9-10(3-7)18-6-17-9/h1-3,5H,4,6H2,(H,13,14)(H,15,16). The van der Waals surface area contributed by atoms with E-state index in [0.717, 1.165) is 17.1 Å². The second kappa shape index (κ2) is 4.77. The van der Waals surface area contributed by atoms with Crippen LogP contribution in [-0.4, -0.2) is 22.9 Å². The monoisotopic (exact) mass is 278 g/mol. The summed E-state index contributed by atoms with van der Waals surface area (Å²) in [6.07, 6.45) is 0. The zero-order valence-electron chi connectivity index (χ0n) is 9.75. The molecule has 2 N–H and O–H groups in total. The van der Waals surface area contributed by atoms with Crippen LogP contribution in [0.4, 0.5) is 5.13 Å². The van der Waals surface area contributed by atoms with Crippen LogP contribution >= 0.6 is 11.3 Å². The Hall–Kier alpha value is -2.28. The van der Waals surface area contributed by atoms with Crippen LogP contribution in [0.25, 0.3) is 0 Å². The molecule has 0 aliphatic carbocycles. The molecule has 1 aromatic carbocycles. The molecule has 2 aromatic rings. The van der Waals surface area contributed by atoms with Gasteiger partial charge in [0.25, 0.3) is 0 Å². The number of carboxylic acid groups (broad SMARTS) is 1. The molecule has 1 aliphatic rings. The first kappa shape index (κ1) is 11.8. The largest absolute Gasteiger partial charge is 0.476 e. The smallest absolute Gasteiger partial charge is 0.355 e. The SMILES string of the molecule is O=C(O)c1csc(NCc2ccc3c(c2)OCO3)n1. The second-order valence-corrected chi connectivity index (χ2v) is 4.74. The molecule has 0 saturated carbocycles. The lowest BCUT2D eigenvalue weighted by Gasteiger charge is -2.04. The van der Waals surface area contributed by atoms with Gasteiger partial charge in [-0.2, -0.15) is 0 Å². The first-order chi connectivity index (χ1) is 9.22. The minimum Gasteiger partial charge on any atom is -0.476 e. The Bertz CT molecular complexity index is 626. The zero-order chi connectivity index (χ0) is 13.2. The Labute approximate surface area is 112 Å². The number of nitrogens with zero attached hydrogens (tertiary/aromatic N) is 1. The third-order valence-electron chi connectivity index (χ3n) is 2.60. The Kier molecular flexibility index (Phi) is 2.96. The van der Waals surface area contributed by atoms with Crippen molar-refractivity contribution in [2.45, 2.75) is 6.54 Å². The average molecular weight is 278 g/mol. The lowest BCUT2D eigenvalue weighted by molar-refractivity contribution is 0.0691. The lowest BCUT2D eigenvalue weighted by atomic mass is 10.2. The van der Waals surface area contributed by atoms with Gasteiger partial charge in [0, 0.05) is 11.9 Å². The van der Waals surface area contributed by atoms with E-state index in [4.69, 9.17) is 14.6 Å². The fraction of sp³-hybridized carbons (Fsp3) is 0.167. The summed E-state index contributed by atoms with van der Waals surface area (Å²) in [7, 11) is 0. The predicted octanol–water partition coefficient (Wildman–Crippen LogP) is 2.18. The predicted molar refractivity (Wildman–Crippen MR) is 69.0 cm³/mol. The summed E-state index contributed by atoms with van der Waals surface area (Å²) in [4.78, 5) is 14.7. The number of anilines is 1. The molecule has 6 nitrogen and oxygen atoms in total. The van der Waals surface area contributed by atoms with Crippen molar-refractivity contribution in [3.05, 3.63) is 34.8 Å². The minimum absolute atomic E-state index is 0.0539. The molecule has 0 saturated heterocycles. The molecule has 19 heavy (non-hydrogen) atoms. The number of carbonyl (C=O) groups is 1. The van der Waals surface area contributed by atoms with Gasteiger partial charge < -0.3 is 19.9 Å². The highest BCUT2D eigenvalue weighted by Crippen LogP contribution is 2.32. The molecule has 3 rings (SSSR count). The van der Waals surface area contributed by atoms with Gasteiger partial charge in [0.2, 0.25) is 6.79 Å². The topological polar surface area (TPSA) is 80.7 Å². The summed E-state index contributed by atoms with van der Waals surface area (Å²) in [6.45, 7) is 0.796. The highest BCUT2D eigenvalue weighted by Gasteiger charge is 2.13. The number of aromatic nitrogens is 1. The van der Waals surface area contributed by atoms with Crippen LogP contribution < -0.4 is 14.8 Å². The van der Waals surface area contributed by atoms with Gasteiger partial charge in [0.1, 0.15) is 0 Å². The number of ether oxygens (including phenoxy) is 2. The Balaban J connectivity index is 1.67. The van der Waals surface area contributed by atoms with Gasteiger partial charge in [-0.05, 0) is 17.7 Å². The Morgan fingerprint density at radius 1 is 1.42 bits per heavy atom. The number of rotatable bonds is 4. The number of nitrogens with one attached hydrogen (secondary N) is 1. The van der Waals surface area contributed by atoms with Gasteiger partial charge >= 0.3 is 5.97 Å². The van der Waals surface area contributed by atoms with E-state index in [2.05, 4.69) is 10.3 Å². The van der Waals surface area contributed by atoms with Gasteiger partial charge in [0.15, 0.2) is 22.3 Å². The summed E-state index contributed by atoms with van der Waals surface area (Å²) in [5.41, 5.74) is 1.06. The van der Waals surface area contributed by atoms with Crippen LogP contribution in [0.2, 0.25) is 0 Å². The molecule has 1 aromatic heterocycles. The van der Waals surface area contributed by atoms with Gasteiger partial charge in [-0.15, -0.1) is 11.3 Å². The molecule has 1 aliphatic heterocycles. The second-order valence-electron chi connectivity index (χ2n) is 3.88. The number of hydrogen-bond donors (Lipinski definition) is 2. The van der Waals surface area contributed by atoms with E-state index < -0.39 is 5.97 Å². The molecule has 0 spiro atoms. The van der Waals surface area contributed by atoms with Crippen LogP contribution in [0.5, 0.6) is 11.5 Å². The molecule has 0 atom stereocenters. The van der Waals surface area contributed by atoms with Crippen LogP contribution in [0.15, 0.2) is 23.6 Å². The Morgan fingerprint density at radius 3 is 3.05 bits per heavy atom. The van der Waals surface area contributed by atoms with Crippen molar-refractivity contribution in [3.8, 4) is 11.5 Å². The highest BCUT2D eigenvalue weighted by molar-refractivity contribution is 7.13. The fourth-order valence-corrected chi connectivity index (χ4v) is 2.37. The lowest BCUT2D eigenvalue weighted by Crippen LogP contribution is -2.01. The van der Waals surface area contributed by atoms with Gasteiger partial charge in [0.05, 0.1) is 0 Å². The van der Waals surface area contributed by atoms with Crippen molar-refractivity contribution in [2.75, 3.05) is 12.1 Å². The normalized spacial score (nSPS) is 12.4.